The van der Waals surface area contributed by atoms with E-state index >= 15 is 0 Å². The second kappa shape index (κ2) is 15.1. The molecule has 4 amide bonds. The molecule has 0 radical (unpaired) electrons. The normalized spacial score (nSPS) is 18.7. The number of carboxylic acid groups (broad SMARTS) is 1. The molecule has 0 aliphatic carbocycles. The van der Waals surface area contributed by atoms with Gasteiger partial charge in [0, 0.05) is 6.54 Å². The van der Waals surface area contributed by atoms with E-state index < -0.39 is 78.2 Å². The first-order chi connectivity index (χ1) is 17.7. The van der Waals surface area contributed by atoms with Gasteiger partial charge < -0.3 is 40.6 Å². The summed E-state index contributed by atoms with van der Waals surface area (Å²) >= 11 is 0. The van der Waals surface area contributed by atoms with E-state index in [9.17, 15) is 33.9 Å². The molecular weight excluding hydrogens is 504 g/mol. The molecular formula is C24H40N4O10. The number of esters is 1. The van der Waals surface area contributed by atoms with Crippen LogP contribution in [0.1, 0.15) is 67.2 Å². The Labute approximate surface area is 221 Å². The van der Waals surface area contributed by atoms with E-state index in [1.54, 1.807) is 34.6 Å². The maximum atomic E-state index is 12.9. The maximum Gasteiger partial charge on any atom is 0.408 e. The predicted octanol–water partition coefficient (Wildman–Crippen LogP) is -0.0192. The molecule has 1 aliphatic rings. The van der Waals surface area contributed by atoms with Gasteiger partial charge in [-0.1, -0.05) is 26.7 Å². The van der Waals surface area contributed by atoms with Crippen LogP contribution < -0.4 is 21.3 Å². The summed E-state index contributed by atoms with van der Waals surface area (Å²) in [6.45, 7) is 9.88. The molecule has 0 aromatic carbocycles. The molecule has 38 heavy (non-hydrogen) atoms. The number of aliphatic carboxylic acids is 1. The highest BCUT2D eigenvalue weighted by molar-refractivity contribution is 5.94. The largest absolute Gasteiger partial charge is 0.480 e. The number of hydrogen-bond donors (Lipinski definition) is 5. The van der Waals surface area contributed by atoms with Gasteiger partial charge in [-0.25, -0.2) is 14.4 Å². The van der Waals surface area contributed by atoms with Gasteiger partial charge >= 0.3 is 18.0 Å². The van der Waals surface area contributed by atoms with Gasteiger partial charge in [-0.3, -0.25) is 14.4 Å². The quantitative estimate of drug-likeness (QED) is 0.138. The number of amides is 4. The highest BCUT2D eigenvalue weighted by Gasteiger charge is 2.51. The fraction of sp³-hybridized carbons (Fsp3) is 0.750. The van der Waals surface area contributed by atoms with Gasteiger partial charge in [-0.15, -0.1) is 0 Å². The van der Waals surface area contributed by atoms with Crippen LogP contribution in [0.5, 0.6) is 0 Å². The Bertz CT molecular complexity index is 873. The summed E-state index contributed by atoms with van der Waals surface area (Å²) in [7, 11) is 0. The van der Waals surface area contributed by atoms with Gasteiger partial charge in [0.15, 0.2) is 12.2 Å². The van der Waals surface area contributed by atoms with Crippen LogP contribution in [0.2, 0.25) is 0 Å². The van der Waals surface area contributed by atoms with E-state index in [-0.39, 0.29) is 19.4 Å². The first-order valence-electron chi connectivity index (χ1n) is 12.7. The maximum absolute atomic E-state index is 12.9. The van der Waals surface area contributed by atoms with Crippen LogP contribution in [-0.4, -0.2) is 89.9 Å². The summed E-state index contributed by atoms with van der Waals surface area (Å²) in [5.41, 5.74) is -0.769. The number of rotatable bonds is 15. The zero-order valence-electron chi connectivity index (χ0n) is 22.8. The van der Waals surface area contributed by atoms with Gasteiger partial charge in [0.05, 0.1) is 6.61 Å². The van der Waals surface area contributed by atoms with Crippen molar-refractivity contribution in [1.82, 2.24) is 21.3 Å². The molecule has 0 spiro atoms. The van der Waals surface area contributed by atoms with Crippen LogP contribution in [-0.2, 0) is 38.2 Å². The van der Waals surface area contributed by atoms with Gasteiger partial charge in [0.2, 0.25) is 11.8 Å². The number of carbonyl (C=O) groups excluding carboxylic acids is 5. The van der Waals surface area contributed by atoms with Crippen LogP contribution in [0.4, 0.5) is 4.79 Å². The van der Waals surface area contributed by atoms with Crippen molar-refractivity contribution in [3.63, 3.8) is 0 Å². The topological polar surface area (TPSA) is 202 Å². The molecule has 14 heteroatoms. The van der Waals surface area contributed by atoms with Gasteiger partial charge in [0.1, 0.15) is 23.7 Å². The molecule has 0 aromatic rings. The number of alkyl carbamates (subject to hydrolysis) is 1. The van der Waals surface area contributed by atoms with E-state index in [1.807, 2.05) is 6.92 Å². The van der Waals surface area contributed by atoms with E-state index in [2.05, 4.69) is 21.3 Å². The van der Waals surface area contributed by atoms with Gasteiger partial charge in [-0.2, -0.15) is 0 Å². The van der Waals surface area contributed by atoms with Crippen LogP contribution in [0.15, 0.2) is 0 Å². The Kier molecular flexibility index (Phi) is 13.0. The summed E-state index contributed by atoms with van der Waals surface area (Å²) in [5.74, 6) is -4.24. The smallest absolute Gasteiger partial charge is 0.408 e. The first-order valence-corrected chi connectivity index (χ1v) is 12.7. The van der Waals surface area contributed by atoms with Gasteiger partial charge in [0.25, 0.3) is 5.91 Å². The summed E-state index contributed by atoms with van der Waals surface area (Å²) in [6, 6.07) is -3.58. The van der Waals surface area contributed by atoms with Crippen LogP contribution in [0, 0.1) is 0 Å². The lowest BCUT2D eigenvalue weighted by atomic mass is 10.1. The van der Waals surface area contributed by atoms with E-state index in [4.69, 9.17) is 14.2 Å². The fourth-order valence-corrected chi connectivity index (χ4v) is 3.33. The number of epoxide rings is 1. The molecule has 216 valence electrons. The molecule has 1 fully saturated rings. The Balaban J connectivity index is 2.76. The van der Waals surface area contributed by atoms with Crippen molar-refractivity contribution in [2.45, 2.75) is 103 Å². The number of ether oxygens (including phenoxy) is 3. The number of hydrogen-bond acceptors (Lipinski definition) is 9. The molecule has 1 aliphatic heterocycles. The third-order valence-corrected chi connectivity index (χ3v) is 5.16. The Morgan fingerprint density at radius 3 is 1.84 bits per heavy atom. The standard InChI is InChI=1S/C24H40N4O10/c1-7-10-13(26-19(30)14(11-8-2)28-23(35)38-24(4,5)6)18(29)27-15(21(32)33)12-25-20(31)16-17(37-16)22(34)36-9-3/h13-17H,7-12H2,1-6H3,(H,25,31)(H,26,30)(H,27,29)(H,28,35)(H,32,33)/t13-,14-,15-,16-,17-/m0/s1. The third-order valence-electron chi connectivity index (χ3n) is 5.16. The minimum absolute atomic E-state index is 0.117. The van der Waals surface area contributed by atoms with Crippen molar-refractivity contribution in [3.8, 4) is 0 Å². The Morgan fingerprint density at radius 2 is 1.37 bits per heavy atom. The zero-order chi connectivity index (χ0) is 29.0. The summed E-state index contributed by atoms with van der Waals surface area (Å²) in [4.78, 5) is 73.4. The average molecular weight is 545 g/mol. The lowest BCUT2D eigenvalue weighted by Crippen LogP contribution is -2.57. The molecule has 1 heterocycles. The zero-order valence-corrected chi connectivity index (χ0v) is 22.8. The molecule has 5 atom stereocenters. The predicted molar refractivity (Wildman–Crippen MR) is 133 cm³/mol. The number of carboxylic acids is 1. The second-order valence-corrected chi connectivity index (χ2v) is 9.71. The molecule has 14 nitrogen and oxygen atoms in total. The minimum Gasteiger partial charge on any atom is -0.480 e. The number of nitrogens with one attached hydrogen (secondary N) is 4. The van der Waals surface area contributed by atoms with Crippen molar-refractivity contribution in [1.29, 1.82) is 0 Å². The van der Waals surface area contributed by atoms with E-state index in [0.717, 1.165) is 0 Å². The lowest BCUT2D eigenvalue weighted by Gasteiger charge is -2.25. The number of carbonyl (C=O) groups is 6. The van der Waals surface area contributed by atoms with Crippen molar-refractivity contribution in [3.05, 3.63) is 0 Å². The molecule has 0 aromatic heterocycles. The lowest BCUT2D eigenvalue weighted by molar-refractivity contribution is -0.145. The van der Waals surface area contributed by atoms with Gasteiger partial charge in [-0.05, 0) is 40.5 Å². The molecule has 1 saturated heterocycles. The Hall–Kier alpha value is -3.42. The van der Waals surface area contributed by atoms with Crippen molar-refractivity contribution in [2.24, 2.45) is 0 Å². The second-order valence-electron chi connectivity index (χ2n) is 9.71. The highest BCUT2D eigenvalue weighted by Crippen LogP contribution is 2.23. The fourth-order valence-electron chi connectivity index (χ4n) is 3.33. The van der Waals surface area contributed by atoms with Crippen LogP contribution in [0.25, 0.3) is 0 Å². The molecule has 0 saturated carbocycles. The monoisotopic (exact) mass is 544 g/mol. The third kappa shape index (κ3) is 11.3. The minimum atomic E-state index is -1.52. The first kappa shape index (κ1) is 32.6. The van der Waals surface area contributed by atoms with E-state index in [1.165, 1.54) is 0 Å². The summed E-state index contributed by atoms with van der Waals surface area (Å²) in [6.07, 6.45) is -1.42. The summed E-state index contributed by atoms with van der Waals surface area (Å²) < 4.78 is 14.9. The van der Waals surface area contributed by atoms with Crippen LogP contribution in [0.3, 0.4) is 0 Å². The molecule has 5 N–H and O–H groups in total. The molecule has 1 rings (SSSR count). The summed E-state index contributed by atoms with van der Waals surface area (Å²) in [5, 5.41) is 19.2. The molecule has 0 bridgehead atoms. The van der Waals surface area contributed by atoms with Crippen molar-refractivity contribution < 1.29 is 48.1 Å². The average Bonchev–Trinajstić information content (AvgIpc) is 3.61. The van der Waals surface area contributed by atoms with Crippen molar-refractivity contribution in [2.75, 3.05) is 13.2 Å². The SMILES string of the molecule is CCC[C@H](NC(=O)OC(C)(C)C)C(=O)N[C@@H](CCC)C(=O)N[C@@H](CNC(=O)[C@H]1O[C@@H]1C(=O)OCC)C(=O)O. The van der Waals surface area contributed by atoms with Crippen LogP contribution >= 0.6 is 0 Å². The molecule has 0 unspecified atom stereocenters. The van der Waals surface area contributed by atoms with E-state index in [0.29, 0.717) is 12.8 Å². The van der Waals surface area contributed by atoms with Crippen molar-refractivity contribution >= 4 is 35.8 Å². The highest BCUT2D eigenvalue weighted by atomic mass is 16.6. The Morgan fingerprint density at radius 1 is 0.842 bits per heavy atom.